The van der Waals surface area contributed by atoms with Gasteiger partial charge in [0.15, 0.2) is 17.9 Å². The number of carbonyl (C=O) groups excluding carboxylic acids is 3. The van der Waals surface area contributed by atoms with Crippen LogP contribution in [0.3, 0.4) is 0 Å². The molecule has 252 valence electrons. The van der Waals surface area contributed by atoms with Crippen LogP contribution in [0.25, 0.3) is 11.1 Å². The number of carboxylic acid groups (broad SMARTS) is 1. The maximum atomic E-state index is 13.8. The molecule has 0 aromatic heterocycles. The number of rotatable bonds is 6. The van der Waals surface area contributed by atoms with E-state index in [2.05, 4.69) is 5.32 Å². The molecule has 1 saturated heterocycles. The molecule has 1 fully saturated rings. The first-order chi connectivity index (χ1) is 22.6. The molecule has 1 heterocycles. The Bertz CT molecular complexity index is 1940. The number of hydrogen-bond acceptors (Lipinski definition) is 13. The summed E-state index contributed by atoms with van der Waals surface area (Å²) in [6.45, 7) is 4.10. The van der Waals surface area contributed by atoms with E-state index >= 15 is 0 Å². The first kappa shape index (κ1) is 32.9. The number of phenols is 3. The molecule has 3 aliphatic rings. The van der Waals surface area contributed by atoms with Crippen molar-refractivity contribution >= 4 is 23.4 Å². The van der Waals surface area contributed by atoms with Crippen LogP contribution in [0.2, 0.25) is 0 Å². The summed E-state index contributed by atoms with van der Waals surface area (Å²) in [5.74, 6) is -6.29. The molecule has 0 radical (unpaired) electrons. The van der Waals surface area contributed by atoms with Gasteiger partial charge in [-0.15, -0.1) is 0 Å². The van der Waals surface area contributed by atoms with Gasteiger partial charge in [-0.05, 0) is 49.6 Å². The van der Waals surface area contributed by atoms with Crippen molar-refractivity contribution in [3.63, 3.8) is 0 Å². The lowest BCUT2D eigenvalue weighted by Gasteiger charge is -2.36. The Kier molecular flexibility index (Phi) is 7.92. The molecule has 0 unspecified atom stereocenters. The molecule has 3 aromatic carbocycles. The number of amides is 1. The normalized spacial score (nSPS) is 24.6. The minimum Gasteiger partial charge on any atom is -0.507 e. The molecule has 7 atom stereocenters. The molecular formula is C33H31NO14. The van der Waals surface area contributed by atoms with Crippen molar-refractivity contribution in [1.29, 1.82) is 0 Å². The largest absolute Gasteiger partial charge is 0.507 e. The van der Waals surface area contributed by atoms with Gasteiger partial charge in [0.25, 0.3) is 5.91 Å². The fourth-order valence-electron chi connectivity index (χ4n) is 6.48. The lowest BCUT2D eigenvalue weighted by Crippen LogP contribution is -2.39. The number of ketones is 2. The number of nitrogens with one attached hydrogen (secondary N) is 1. The van der Waals surface area contributed by atoms with Crippen molar-refractivity contribution in [2.24, 2.45) is 0 Å². The summed E-state index contributed by atoms with van der Waals surface area (Å²) >= 11 is 0. The SMILES string of the molecule is COc1cc(O)c2c(c1)C(=O)c1c(cc3c(c1O)-c1c(cc(C)c(C(=O)N[C@H](C)C(=O)O)c1O)[C@H](O[C@@H]1O[C@H](C)[C@H](O)[C@H]1O)[C@H]3O)C2=O. The number of ether oxygens (including phenoxy) is 3. The molecule has 15 heteroatoms. The van der Waals surface area contributed by atoms with Crippen molar-refractivity contribution in [1.82, 2.24) is 5.32 Å². The van der Waals surface area contributed by atoms with Gasteiger partial charge >= 0.3 is 5.97 Å². The number of aryl methyl sites for hydroxylation is 1. The zero-order valence-corrected chi connectivity index (χ0v) is 25.8. The van der Waals surface area contributed by atoms with Crippen LogP contribution in [0.4, 0.5) is 0 Å². The first-order valence-electron chi connectivity index (χ1n) is 14.7. The van der Waals surface area contributed by atoms with Crippen LogP contribution in [0.5, 0.6) is 23.0 Å². The second-order valence-electron chi connectivity index (χ2n) is 11.9. The standard InChI is InChI=1S/C33H31NO14/c1-9-5-16-21(27(40)18(9)31(43)34-10(2)32(44)45)20-14(26(39)30(16)48-33-29(42)23(36)11(3)47-33)8-15-22(28(20)41)25(38)13-6-12(46-4)7-17(35)19(13)24(15)37/h5-8,10-11,23,26,29-30,33,35-36,39-42H,1-4H3,(H,34,43)(H,44,45)/t10-,11-,23+,26+,29-,30+,33+/m1/s1. The number of methoxy groups -OCH3 is 1. The van der Waals surface area contributed by atoms with E-state index in [-0.39, 0.29) is 44.7 Å². The highest BCUT2D eigenvalue weighted by Crippen LogP contribution is 2.57. The third kappa shape index (κ3) is 4.78. The maximum absolute atomic E-state index is 13.8. The Hall–Kier alpha value is -5.06. The first-order valence-corrected chi connectivity index (χ1v) is 14.7. The zero-order valence-electron chi connectivity index (χ0n) is 25.8. The fraction of sp³-hybridized carbons (Fsp3) is 0.333. The summed E-state index contributed by atoms with van der Waals surface area (Å²) in [4.78, 5) is 52.3. The number of hydrogen-bond donors (Lipinski definition) is 8. The van der Waals surface area contributed by atoms with Crippen molar-refractivity contribution in [2.45, 2.75) is 63.6 Å². The molecular weight excluding hydrogens is 634 g/mol. The Labute approximate surface area is 271 Å². The van der Waals surface area contributed by atoms with E-state index in [0.29, 0.717) is 0 Å². The number of carboxylic acids is 1. The predicted molar refractivity (Wildman–Crippen MR) is 161 cm³/mol. The highest BCUT2D eigenvalue weighted by atomic mass is 16.7. The molecule has 3 aromatic rings. The van der Waals surface area contributed by atoms with E-state index in [0.717, 1.165) is 12.1 Å². The third-order valence-corrected chi connectivity index (χ3v) is 8.98. The van der Waals surface area contributed by atoms with E-state index < -0.39 is 100 Å². The van der Waals surface area contributed by atoms with E-state index in [9.17, 15) is 54.9 Å². The van der Waals surface area contributed by atoms with E-state index in [4.69, 9.17) is 14.2 Å². The third-order valence-electron chi connectivity index (χ3n) is 8.98. The van der Waals surface area contributed by atoms with Crippen molar-refractivity contribution < 1.29 is 69.1 Å². The second kappa shape index (κ2) is 11.6. The van der Waals surface area contributed by atoms with Crippen molar-refractivity contribution in [3.05, 3.63) is 68.8 Å². The molecule has 15 nitrogen and oxygen atoms in total. The lowest BCUT2D eigenvalue weighted by atomic mass is 9.74. The molecule has 8 N–H and O–H groups in total. The summed E-state index contributed by atoms with van der Waals surface area (Å²) < 4.78 is 16.6. The Morgan fingerprint density at radius 2 is 1.50 bits per heavy atom. The molecule has 6 rings (SSSR count). The number of aliphatic hydroxyl groups excluding tert-OH is 3. The Morgan fingerprint density at radius 3 is 2.10 bits per heavy atom. The molecule has 0 bridgehead atoms. The number of benzene rings is 3. The van der Waals surface area contributed by atoms with Gasteiger partial charge in [-0.2, -0.15) is 0 Å². The number of fused-ring (bicyclic) bond motifs is 5. The zero-order chi connectivity index (χ0) is 35.1. The van der Waals surface area contributed by atoms with Gasteiger partial charge < -0.3 is 55.3 Å². The Balaban J connectivity index is 1.60. The van der Waals surface area contributed by atoms with Crippen LogP contribution in [0.1, 0.15) is 84.9 Å². The van der Waals surface area contributed by atoms with E-state index in [1.807, 2.05) is 0 Å². The van der Waals surface area contributed by atoms with Crippen LogP contribution in [-0.2, 0) is 14.3 Å². The topological polar surface area (TPSA) is 250 Å². The second-order valence-corrected chi connectivity index (χ2v) is 11.9. The summed E-state index contributed by atoms with van der Waals surface area (Å²) in [6.07, 6.45) is -8.60. The highest BCUT2D eigenvalue weighted by Gasteiger charge is 2.48. The van der Waals surface area contributed by atoms with Crippen LogP contribution < -0.4 is 10.1 Å². The molecule has 1 amide bonds. The van der Waals surface area contributed by atoms with Gasteiger partial charge in [0, 0.05) is 28.3 Å². The van der Waals surface area contributed by atoms with Crippen molar-refractivity contribution in [2.75, 3.05) is 7.11 Å². The summed E-state index contributed by atoms with van der Waals surface area (Å²) in [6, 6.07) is 3.39. The highest BCUT2D eigenvalue weighted by molar-refractivity contribution is 6.31. The van der Waals surface area contributed by atoms with Gasteiger partial charge in [-0.25, -0.2) is 0 Å². The van der Waals surface area contributed by atoms with Crippen LogP contribution in [0, 0.1) is 6.92 Å². The molecule has 48 heavy (non-hydrogen) atoms. The number of carbonyl (C=O) groups is 4. The monoisotopic (exact) mass is 665 g/mol. The molecule has 0 spiro atoms. The van der Waals surface area contributed by atoms with E-state index in [1.54, 1.807) is 0 Å². The minimum absolute atomic E-state index is 0.0396. The van der Waals surface area contributed by atoms with Gasteiger partial charge in [0.1, 0.15) is 53.5 Å². The summed E-state index contributed by atoms with van der Waals surface area (Å²) in [5, 5.41) is 78.3. The summed E-state index contributed by atoms with van der Waals surface area (Å²) in [7, 11) is 1.28. The quantitative estimate of drug-likeness (QED) is 0.145. The van der Waals surface area contributed by atoms with Crippen LogP contribution in [-0.4, -0.2) is 96.9 Å². The smallest absolute Gasteiger partial charge is 0.325 e. The van der Waals surface area contributed by atoms with E-state index in [1.165, 1.54) is 40.0 Å². The minimum atomic E-state index is -1.77. The van der Waals surface area contributed by atoms with Gasteiger partial charge in [-0.3, -0.25) is 19.2 Å². The average molecular weight is 666 g/mol. The number of aromatic hydroxyl groups is 3. The lowest BCUT2D eigenvalue weighted by molar-refractivity contribution is -0.211. The van der Waals surface area contributed by atoms with Crippen LogP contribution in [0.15, 0.2) is 24.3 Å². The molecule has 0 saturated carbocycles. The number of aliphatic carboxylic acids is 1. The van der Waals surface area contributed by atoms with Gasteiger partial charge in [-0.1, -0.05) is 6.07 Å². The summed E-state index contributed by atoms with van der Waals surface area (Å²) in [5.41, 5.74) is -2.81. The van der Waals surface area contributed by atoms with Gasteiger partial charge in [0.2, 0.25) is 0 Å². The average Bonchev–Trinajstić information content (AvgIpc) is 3.27. The number of aliphatic hydroxyl groups is 3. The fourth-order valence-corrected chi connectivity index (χ4v) is 6.48. The molecule has 2 aliphatic carbocycles. The van der Waals surface area contributed by atoms with Crippen molar-refractivity contribution in [3.8, 4) is 34.1 Å². The molecule has 1 aliphatic heterocycles. The Morgan fingerprint density at radius 1 is 0.875 bits per heavy atom. The number of phenolic OH excluding ortho intramolecular Hbond substituents is 3. The maximum Gasteiger partial charge on any atom is 0.325 e. The predicted octanol–water partition coefficient (Wildman–Crippen LogP) is 1.34. The van der Waals surface area contributed by atoms with Gasteiger partial charge in [0.05, 0.1) is 29.9 Å². The van der Waals surface area contributed by atoms with Crippen LogP contribution >= 0.6 is 0 Å².